The number of unbranched alkanes of at least 4 members (excludes halogenated alkanes) is 16. The molecule has 0 bridgehead atoms. The molecule has 0 amide bonds. The minimum absolute atomic E-state index is 0.210. The van der Waals surface area contributed by atoms with Crippen LogP contribution >= 0.6 is 0 Å². The van der Waals surface area contributed by atoms with Gasteiger partial charge in [-0.2, -0.15) is 4.57 Å². The molecule has 0 aromatic carbocycles. The molecular formula is C35H62NO3+. The second kappa shape index (κ2) is 22.9. The highest BCUT2D eigenvalue weighted by molar-refractivity contribution is 5.74. The maximum Gasteiger partial charge on any atom is 0.323 e. The molecule has 1 heterocycles. The highest BCUT2D eigenvalue weighted by Crippen LogP contribution is 2.17. The van der Waals surface area contributed by atoms with Gasteiger partial charge in [0, 0.05) is 26.0 Å². The van der Waals surface area contributed by atoms with Gasteiger partial charge in [-0.25, -0.2) is 0 Å². The highest BCUT2D eigenvalue weighted by Gasteiger charge is 2.31. The quantitative estimate of drug-likeness (QED) is 0.0532. The van der Waals surface area contributed by atoms with Crippen molar-refractivity contribution in [3.05, 3.63) is 41.4 Å². The predicted molar refractivity (Wildman–Crippen MR) is 165 cm³/mol. The molecule has 0 saturated carbocycles. The number of nitrogens with zero attached hydrogens (tertiary/aromatic N) is 1. The summed E-state index contributed by atoms with van der Waals surface area (Å²) in [6, 6.07) is 4.31. The summed E-state index contributed by atoms with van der Waals surface area (Å²) < 4.78 is 14.0. The first-order valence-electron chi connectivity index (χ1n) is 16.4. The van der Waals surface area contributed by atoms with E-state index in [1.807, 2.05) is 0 Å². The smallest absolute Gasteiger partial charge is 0.323 e. The van der Waals surface area contributed by atoms with Crippen molar-refractivity contribution >= 4 is 5.97 Å². The predicted octanol–water partition coefficient (Wildman–Crippen LogP) is 9.65. The molecule has 224 valence electrons. The average molecular weight is 545 g/mol. The maximum atomic E-state index is 13.2. The average Bonchev–Trinajstić information content (AvgIpc) is 2.90. The normalized spacial score (nSPS) is 11.9. The van der Waals surface area contributed by atoms with Crippen LogP contribution in [0.2, 0.25) is 0 Å². The van der Waals surface area contributed by atoms with Gasteiger partial charge in [-0.15, -0.1) is 0 Å². The first kappa shape index (κ1) is 35.2. The van der Waals surface area contributed by atoms with E-state index in [1.54, 1.807) is 0 Å². The zero-order valence-electron chi connectivity index (χ0n) is 26.5. The monoisotopic (exact) mass is 544 g/mol. The lowest BCUT2D eigenvalue weighted by atomic mass is 10.1. The third-order valence-electron chi connectivity index (χ3n) is 7.79. The van der Waals surface area contributed by atoms with Gasteiger partial charge in [-0.05, 0) is 25.3 Å². The van der Waals surface area contributed by atoms with E-state index < -0.39 is 5.92 Å². The number of aromatic nitrogens is 1. The van der Waals surface area contributed by atoms with E-state index in [4.69, 9.17) is 9.47 Å². The summed E-state index contributed by atoms with van der Waals surface area (Å²) in [5, 5.41) is 0. The standard InChI is InChI=1S/C35H62NO3/c1-7-9-11-13-15-17-19-21-23-25-38-33(6)34(29-36-31(4)27-30(3)28-32(36)5)35(37)39-26-24-22-20-18-16-14-12-10-8-2/h27-28,34H,6-26,29H2,1-5H3/q+1. The molecule has 0 fully saturated rings. The number of hydrogen-bond donors (Lipinski definition) is 0. The van der Waals surface area contributed by atoms with E-state index >= 15 is 0 Å². The molecule has 1 aromatic rings. The van der Waals surface area contributed by atoms with Gasteiger partial charge in [-0.3, -0.25) is 4.79 Å². The van der Waals surface area contributed by atoms with Crippen molar-refractivity contribution in [3.63, 3.8) is 0 Å². The Hall–Kier alpha value is -1.84. The van der Waals surface area contributed by atoms with Gasteiger partial charge in [0.05, 0.1) is 13.2 Å². The number of rotatable bonds is 25. The van der Waals surface area contributed by atoms with Crippen molar-refractivity contribution in [1.82, 2.24) is 0 Å². The van der Waals surface area contributed by atoms with Crippen molar-refractivity contribution in [2.75, 3.05) is 13.2 Å². The van der Waals surface area contributed by atoms with Crippen LogP contribution in [0.4, 0.5) is 0 Å². The molecule has 4 nitrogen and oxygen atoms in total. The Morgan fingerprint density at radius 3 is 1.49 bits per heavy atom. The lowest BCUT2D eigenvalue weighted by molar-refractivity contribution is -0.712. The number of carbonyl (C=O) groups excluding carboxylic acids is 1. The molecule has 1 rings (SSSR count). The van der Waals surface area contributed by atoms with Crippen LogP contribution in [-0.4, -0.2) is 19.2 Å². The Morgan fingerprint density at radius 2 is 1.05 bits per heavy atom. The zero-order chi connectivity index (χ0) is 28.7. The van der Waals surface area contributed by atoms with E-state index in [0.29, 0.717) is 25.5 Å². The molecule has 0 aliphatic rings. The van der Waals surface area contributed by atoms with Gasteiger partial charge in [0.15, 0.2) is 23.9 Å². The molecule has 1 aromatic heterocycles. The topological polar surface area (TPSA) is 39.4 Å². The Bertz CT molecular complexity index is 729. The van der Waals surface area contributed by atoms with Gasteiger partial charge in [-0.1, -0.05) is 123 Å². The molecule has 0 radical (unpaired) electrons. The van der Waals surface area contributed by atoms with Crippen molar-refractivity contribution < 1.29 is 18.8 Å². The number of ether oxygens (including phenoxy) is 2. The summed E-state index contributed by atoms with van der Waals surface area (Å²) in [7, 11) is 0. The molecule has 0 aliphatic carbocycles. The number of pyridine rings is 1. The van der Waals surface area contributed by atoms with E-state index in [0.717, 1.165) is 30.7 Å². The Labute approximate surface area is 242 Å². The highest BCUT2D eigenvalue weighted by atomic mass is 16.5. The molecule has 1 unspecified atom stereocenters. The summed E-state index contributed by atoms with van der Waals surface area (Å²) in [4.78, 5) is 13.2. The fraction of sp³-hybridized carbons (Fsp3) is 0.771. The molecule has 0 N–H and O–H groups in total. The first-order valence-corrected chi connectivity index (χ1v) is 16.4. The minimum Gasteiger partial charge on any atom is -0.497 e. The summed E-state index contributed by atoms with van der Waals surface area (Å²) in [6.45, 7) is 16.6. The van der Waals surface area contributed by atoms with Crippen LogP contribution in [0.5, 0.6) is 0 Å². The van der Waals surface area contributed by atoms with Crippen LogP contribution in [-0.2, 0) is 20.8 Å². The summed E-state index contributed by atoms with van der Waals surface area (Å²) >= 11 is 0. The van der Waals surface area contributed by atoms with Crippen LogP contribution in [0.25, 0.3) is 0 Å². The fourth-order valence-corrected chi connectivity index (χ4v) is 5.32. The molecule has 0 aliphatic heterocycles. The second-order valence-corrected chi connectivity index (χ2v) is 11.6. The van der Waals surface area contributed by atoms with Crippen molar-refractivity contribution in [1.29, 1.82) is 0 Å². The largest absolute Gasteiger partial charge is 0.497 e. The number of hydrogen-bond acceptors (Lipinski definition) is 3. The first-order chi connectivity index (χ1) is 18.9. The lowest BCUT2D eigenvalue weighted by Crippen LogP contribution is -2.46. The van der Waals surface area contributed by atoms with E-state index in [-0.39, 0.29) is 5.97 Å². The second-order valence-electron chi connectivity index (χ2n) is 11.6. The molecule has 39 heavy (non-hydrogen) atoms. The van der Waals surface area contributed by atoms with E-state index in [9.17, 15) is 4.79 Å². The molecule has 1 atom stereocenters. The minimum atomic E-state index is -0.493. The van der Waals surface area contributed by atoms with E-state index in [1.165, 1.54) is 102 Å². The Morgan fingerprint density at radius 1 is 0.667 bits per heavy atom. The summed E-state index contributed by atoms with van der Waals surface area (Å²) in [5.41, 5.74) is 3.50. The fourth-order valence-electron chi connectivity index (χ4n) is 5.32. The lowest BCUT2D eigenvalue weighted by Gasteiger charge is -2.18. The molecule has 4 heteroatoms. The molecule has 0 spiro atoms. The SMILES string of the molecule is C=C(OCCCCCCCCCCC)C(C[n+]1c(C)cc(C)cc1C)C(=O)OCCCCCCCCCCC. The van der Waals surface area contributed by atoms with Gasteiger partial charge < -0.3 is 9.47 Å². The Balaban J connectivity index is 2.50. The van der Waals surface area contributed by atoms with Crippen LogP contribution < -0.4 is 4.57 Å². The van der Waals surface area contributed by atoms with Crippen molar-refractivity contribution in [2.24, 2.45) is 5.92 Å². The molecule has 0 saturated heterocycles. The van der Waals surface area contributed by atoms with Crippen LogP contribution in [0.1, 0.15) is 146 Å². The number of carbonyl (C=O) groups is 1. The van der Waals surface area contributed by atoms with Crippen molar-refractivity contribution in [3.8, 4) is 0 Å². The van der Waals surface area contributed by atoms with Crippen LogP contribution in [0.3, 0.4) is 0 Å². The number of aryl methyl sites for hydroxylation is 3. The maximum absolute atomic E-state index is 13.2. The Kier molecular flexibility index (Phi) is 20.7. The van der Waals surface area contributed by atoms with Crippen molar-refractivity contribution in [2.45, 2.75) is 157 Å². The van der Waals surface area contributed by atoms with Gasteiger partial charge in [0.25, 0.3) is 0 Å². The van der Waals surface area contributed by atoms with Gasteiger partial charge >= 0.3 is 5.97 Å². The van der Waals surface area contributed by atoms with E-state index in [2.05, 4.69) is 57.9 Å². The third-order valence-corrected chi connectivity index (χ3v) is 7.79. The third kappa shape index (κ3) is 16.8. The van der Waals surface area contributed by atoms with Crippen LogP contribution in [0, 0.1) is 26.7 Å². The summed E-state index contributed by atoms with van der Waals surface area (Å²) in [6.07, 6.45) is 22.7. The van der Waals surface area contributed by atoms with Crippen LogP contribution in [0.15, 0.2) is 24.5 Å². The zero-order valence-corrected chi connectivity index (χ0v) is 26.5. The molecular weight excluding hydrogens is 482 g/mol. The number of esters is 1. The summed E-state index contributed by atoms with van der Waals surface area (Å²) in [5.74, 6) is -0.163. The van der Waals surface area contributed by atoms with Gasteiger partial charge in [0.1, 0.15) is 5.76 Å². The van der Waals surface area contributed by atoms with Gasteiger partial charge in [0.2, 0.25) is 0 Å².